The number of non-ortho nitro benzene ring substituents is 1. The first-order valence-electron chi connectivity index (χ1n) is 10.6. The Kier molecular flexibility index (Phi) is 6.01. The van der Waals surface area contributed by atoms with Crippen molar-refractivity contribution in [2.45, 2.75) is 25.9 Å². The predicted octanol–water partition coefficient (Wildman–Crippen LogP) is 2.94. The number of amides is 4. The summed E-state index contributed by atoms with van der Waals surface area (Å²) in [6.07, 6.45) is 0. The van der Waals surface area contributed by atoms with Gasteiger partial charge in [-0.2, -0.15) is 0 Å². The lowest BCUT2D eigenvalue weighted by Crippen LogP contribution is -2.47. The molecule has 2 aromatic carbocycles. The van der Waals surface area contributed by atoms with E-state index in [1.807, 2.05) is 0 Å². The minimum atomic E-state index is -0.900. The summed E-state index contributed by atoms with van der Waals surface area (Å²) in [5.41, 5.74) is 1.33. The van der Waals surface area contributed by atoms with Crippen molar-refractivity contribution in [3.05, 3.63) is 81.3 Å². The average Bonchev–Trinajstić information content (AvgIpc) is 3.16. The molecule has 0 bridgehead atoms. The topological polar surface area (TPSA) is 125 Å². The molecule has 2 aliphatic heterocycles. The molecule has 2 atom stereocenters. The van der Waals surface area contributed by atoms with Gasteiger partial charge in [0, 0.05) is 24.4 Å². The fourth-order valence-electron chi connectivity index (χ4n) is 4.15. The van der Waals surface area contributed by atoms with Gasteiger partial charge >= 0.3 is 6.03 Å². The summed E-state index contributed by atoms with van der Waals surface area (Å²) >= 11 is 0. The molecule has 0 aliphatic carbocycles. The number of carbonyl (C=O) groups is 3. The Morgan fingerprint density at radius 2 is 1.97 bits per heavy atom. The number of nitrogens with one attached hydrogen (secondary N) is 2. The first kappa shape index (κ1) is 22.9. The van der Waals surface area contributed by atoms with Gasteiger partial charge in [-0.15, -0.1) is 0 Å². The van der Waals surface area contributed by atoms with Crippen molar-refractivity contribution in [3.63, 3.8) is 0 Å². The summed E-state index contributed by atoms with van der Waals surface area (Å²) < 4.78 is 13.2. The van der Waals surface area contributed by atoms with E-state index in [-0.39, 0.29) is 17.8 Å². The molecule has 11 heteroatoms. The number of likely N-dealkylation sites (N-methyl/N-ethyl adjacent to an activating group) is 1. The maximum Gasteiger partial charge on any atom is 0.322 e. The van der Waals surface area contributed by atoms with Crippen molar-refractivity contribution in [2.75, 3.05) is 18.4 Å². The van der Waals surface area contributed by atoms with Crippen LogP contribution in [-0.2, 0) is 9.59 Å². The quantitative estimate of drug-likeness (QED) is 0.499. The molecular weight excluding hydrogens is 445 g/mol. The molecule has 0 radical (unpaired) electrons. The summed E-state index contributed by atoms with van der Waals surface area (Å²) in [5.74, 6) is -1.37. The molecule has 2 heterocycles. The van der Waals surface area contributed by atoms with E-state index >= 15 is 0 Å². The second-order valence-corrected chi connectivity index (χ2v) is 7.94. The average molecular weight is 467 g/mol. The zero-order valence-electron chi connectivity index (χ0n) is 18.4. The van der Waals surface area contributed by atoms with Crippen molar-refractivity contribution >= 4 is 29.2 Å². The zero-order chi connectivity index (χ0) is 24.6. The van der Waals surface area contributed by atoms with Gasteiger partial charge in [-0.1, -0.05) is 12.1 Å². The van der Waals surface area contributed by atoms with Gasteiger partial charge in [0.1, 0.15) is 11.9 Å². The Balaban J connectivity index is 1.63. The monoisotopic (exact) mass is 467 g/mol. The van der Waals surface area contributed by atoms with Gasteiger partial charge in [-0.3, -0.25) is 24.6 Å². The zero-order valence-corrected chi connectivity index (χ0v) is 18.4. The lowest BCUT2D eigenvalue weighted by Gasteiger charge is -2.32. The number of halogens is 1. The highest BCUT2D eigenvalue weighted by molar-refractivity contribution is 6.05. The highest BCUT2D eigenvalue weighted by Crippen LogP contribution is 2.37. The van der Waals surface area contributed by atoms with Crippen LogP contribution in [0.5, 0.6) is 0 Å². The van der Waals surface area contributed by atoms with Crippen molar-refractivity contribution in [1.29, 1.82) is 0 Å². The number of urea groups is 1. The maximum absolute atomic E-state index is 13.5. The molecule has 4 rings (SSSR count). The molecule has 2 N–H and O–H groups in total. The fourth-order valence-corrected chi connectivity index (χ4v) is 4.15. The largest absolute Gasteiger partial charge is 0.326 e. The van der Waals surface area contributed by atoms with Crippen LogP contribution >= 0.6 is 0 Å². The Morgan fingerprint density at radius 1 is 1.26 bits per heavy atom. The number of nitrogens with zero attached hydrogens (tertiary/aromatic N) is 3. The van der Waals surface area contributed by atoms with E-state index in [0.29, 0.717) is 23.5 Å². The lowest BCUT2D eigenvalue weighted by atomic mass is 9.95. The van der Waals surface area contributed by atoms with Gasteiger partial charge < -0.3 is 15.5 Å². The summed E-state index contributed by atoms with van der Waals surface area (Å²) in [5, 5.41) is 16.6. The molecule has 0 aromatic heterocycles. The standard InChI is InChI=1S/C23H22FN5O5/c1-3-27-18-12-28(13(2)21(30)25-16-9-7-15(24)8-10-16)22(31)19(18)20(26-23(27)32)14-5-4-6-17(11-14)29(33)34/h4-11,13,20H,3,12H2,1-2H3,(H,25,30)(H,26,32)/t13-,20-/m1/s1. The normalized spacial score (nSPS) is 18.5. The molecule has 0 fully saturated rings. The molecule has 0 saturated carbocycles. The molecule has 34 heavy (non-hydrogen) atoms. The molecular formula is C23H22FN5O5. The van der Waals surface area contributed by atoms with Crippen molar-refractivity contribution in [2.24, 2.45) is 0 Å². The van der Waals surface area contributed by atoms with Crippen LogP contribution in [0, 0.1) is 15.9 Å². The number of anilines is 1. The van der Waals surface area contributed by atoms with E-state index in [9.17, 15) is 28.9 Å². The van der Waals surface area contributed by atoms with E-state index in [2.05, 4.69) is 10.6 Å². The van der Waals surface area contributed by atoms with E-state index in [0.717, 1.165) is 0 Å². The summed E-state index contributed by atoms with van der Waals surface area (Å²) in [6, 6.07) is 8.75. The highest BCUT2D eigenvalue weighted by atomic mass is 19.1. The number of rotatable bonds is 6. The molecule has 10 nitrogen and oxygen atoms in total. The van der Waals surface area contributed by atoms with Crippen molar-refractivity contribution in [3.8, 4) is 0 Å². The second-order valence-electron chi connectivity index (χ2n) is 7.94. The van der Waals surface area contributed by atoms with Crippen LogP contribution in [0.3, 0.4) is 0 Å². The van der Waals surface area contributed by atoms with Crippen LogP contribution in [0.1, 0.15) is 25.5 Å². The van der Waals surface area contributed by atoms with Gasteiger partial charge in [0.2, 0.25) is 5.91 Å². The van der Waals surface area contributed by atoms with Gasteiger partial charge in [0.15, 0.2) is 0 Å². The molecule has 0 unspecified atom stereocenters. The summed E-state index contributed by atoms with van der Waals surface area (Å²) in [6.45, 7) is 3.64. The second kappa shape index (κ2) is 8.93. The molecule has 176 valence electrons. The van der Waals surface area contributed by atoms with Crippen LogP contribution in [0.2, 0.25) is 0 Å². The van der Waals surface area contributed by atoms with Gasteiger partial charge in [-0.25, -0.2) is 9.18 Å². The fraction of sp³-hybridized carbons (Fsp3) is 0.261. The first-order chi connectivity index (χ1) is 16.2. The number of hydrogen-bond donors (Lipinski definition) is 2. The van der Waals surface area contributed by atoms with Crippen LogP contribution in [0.15, 0.2) is 59.8 Å². The summed E-state index contributed by atoms with van der Waals surface area (Å²) in [4.78, 5) is 52.5. The van der Waals surface area contributed by atoms with Crippen molar-refractivity contribution < 1.29 is 23.7 Å². The highest BCUT2D eigenvalue weighted by Gasteiger charge is 2.46. The third kappa shape index (κ3) is 4.07. The molecule has 2 aromatic rings. The van der Waals surface area contributed by atoms with Crippen LogP contribution < -0.4 is 10.6 Å². The van der Waals surface area contributed by atoms with Gasteiger partial charge in [0.25, 0.3) is 11.6 Å². The Hall–Kier alpha value is -4.28. The number of hydrogen-bond acceptors (Lipinski definition) is 5. The van der Waals surface area contributed by atoms with E-state index in [1.54, 1.807) is 19.9 Å². The first-order valence-corrected chi connectivity index (χ1v) is 10.6. The lowest BCUT2D eigenvalue weighted by molar-refractivity contribution is -0.384. The third-order valence-electron chi connectivity index (χ3n) is 5.94. The molecule has 4 amide bonds. The third-order valence-corrected chi connectivity index (χ3v) is 5.94. The van der Waals surface area contributed by atoms with E-state index in [4.69, 9.17) is 0 Å². The molecule has 2 aliphatic rings. The van der Waals surface area contributed by atoms with E-state index in [1.165, 1.54) is 52.3 Å². The predicted molar refractivity (Wildman–Crippen MR) is 120 cm³/mol. The number of benzene rings is 2. The number of carbonyl (C=O) groups excluding carboxylic acids is 3. The SMILES string of the molecule is CCN1C(=O)N[C@H](c2cccc([N+](=O)[O-])c2)C2=C1CN([C@H](C)C(=O)Nc1ccc(F)cc1)C2=O. The van der Waals surface area contributed by atoms with Crippen LogP contribution in [0.25, 0.3) is 0 Å². The van der Waals surface area contributed by atoms with Gasteiger partial charge in [-0.05, 0) is 43.7 Å². The Bertz CT molecular complexity index is 1210. The Labute approximate surface area is 194 Å². The summed E-state index contributed by atoms with van der Waals surface area (Å²) in [7, 11) is 0. The smallest absolute Gasteiger partial charge is 0.322 e. The Morgan fingerprint density at radius 3 is 2.62 bits per heavy atom. The minimum absolute atomic E-state index is 0.0266. The van der Waals surface area contributed by atoms with Crippen molar-refractivity contribution in [1.82, 2.24) is 15.1 Å². The maximum atomic E-state index is 13.5. The van der Waals surface area contributed by atoms with Crippen LogP contribution in [0.4, 0.5) is 20.6 Å². The number of nitro benzene ring substituents is 1. The minimum Gasteiger partial charge on any atom is -0.326 e. The van der Waals surface area contributed by atoms with E-state index < -0.39 is 40.7 Å². The van der Waals surface area contributed by atoms with Gasteiger partial charge in [0.05, 0.1) is 28.8 Å². The molecule has 0 spiro atoms. The number of nitro groups is 1. The van der Waals surface area contributed by atoms with Crippen LogP contribution in [-0.4, -0.2) is 51.7 Å². The molecule has 0 saturated heterocycles.